The van der Waals surface area contributed by atoms with Gasteiger partial charge in [0.2, 0.25) is 0 Å². The third-order valence-corrected chi connectivity index (χ3v) is 2.57. The topological polar surface area (TPSA) is 57.5 Å². The van der Waals surface area contributed by atoms with E-state index in [0.717, 1.165) is 57.9 Å². The molecule has 148 valence electrons. The van der Waals surface area contributed by atoms with Gasteiger partial charge in [-0.25, -0.2) is 0 Å². The van der Waals surface area contributed by atoms with Gasteiger partial charge in [0, 0.05) is 13.2 Å². The molecule has 0 atom stereocenters. The SMILES string of the molecule is CC(C)CCO.CC(C)CCO.[CH2-]CC(C)C.[CH2-]CC(C)C.[O]=[Ti+2]. The first kappa shape index (κ1) is 35.5. The van der Waals surface area contributed by atoms with Crippen molar-refractivity contribution in [3.63, 3.8) is 0 Å². The average Bonchev–Trinajstić information content (AvgIpc) is 2.50. The fraction of sp³-hybridized carbons (Fsp3) is 0.900. The summed E-state index contributed by atoms with van der Waals surface area (Å²) in [5.41, 5.74) is 0. The van der Waals surface area contributed by atoms with Gasteiger partial charge in [0.15, 0.2) is 0 Å². The molecule has 0 aliphatic carbocycles. The molecule has 0 saturated heterocycles. The minimum atomic E-state index is 0.331. The molecule has 0 aromatic rings. The fourth-order valence-corrected chi connectivity index (χ4v) is 0.516. The molecule has 2 N–H and O–H groups in total. The fourth-order valence-electron chi connectivity index (χ4n) is 0.516. The van der Waals surface area contributed by atoms with E-state index in [1.54, 1.807) is 0 Å². The van der Waals surface area contributed by atoms with Gasteiger partial charge in [-0.15, -0.1) is 0 Å². The van der Waals surface area contributed by atoms with Crippen LogP contribution in [0, 0.1) is 37.5 Å². The molecular weight excluding hydrogens is 336 g/mol. The first-order chi connectivity index (χ1) is 11.1. The molecule has 0 radical (unpaired) electrons. The third kappa shape index (κ3) is 94.7. The molecule has 0 spiro atoms. The first-order valence-electron chi connectivity index (χ1n) is 9.09. The van der Waals surface area contributed by atoms with Crippen LogP contribution in [0.2, 0.25) is 0 Å². The predicted molar refractivity (Wildman–Crippen MR) is 103 cm³/mol. The Bertz CT molecular complexity index is 154. The summed E-state index contributed by atoms with van der Waals surface area (Å²) >= 11 is 0.750. The Kier molecular flexibility index (Phi) is 51.4. The van der Waals surface area contributed by atoms with Crippen molar-refractivity contribution >= 4 is 0 Å². The Morgan fingerprint density at radius 2 is 0.792 bits per heavy atom. The summed E-state index contributed by atoms with van der Waals surface area (Å²) in [6, 6.07) is 0. The van der Waals surface area contributed by atoms with Crippen molar-refractivity contribution < 1.29 is 33.9 Å². The summed E-state index contributed by atoms with van der Waals surface area (Å²) in [7, 11) is 0. The normalized spacial score (nSPS) is 9.25. The molecule has 0 aliphatic rings. The average molecular weight is 382 g/mol. The number of aliphatic hydroxyl groups is 2. The van der Waals surface area contributed by atoms with Crippen LogP contribution in [0.15, 0.2) is 0 Å². The summed E-state index contributed by atoms with van der Waals surface area (Å²) in [6.07, 6.45) is 3.97. The van der Waals surface area contributed by atoms with Crippen molar-refractivity contribution in [1.82, 2.24) is 0 Å². The molecule has 0 heterocycles. The van der Waals surface area contributed by atoms with Gasteiger partial charge in [-0.2, -0.15) is 12.8 Å². The predicted octanol–water partition coefficient (Wildman–Crippen LogP) is 5.66. The second-order valence-corrected chi connectivity index (χ2v) is 7.18. The third-order valence-electron chi connectivity index (χ3n) is 2.57. The summed E-state index contributed by atoms with van der Waals surface area (Å²) in [6.45, 7) is 25.0. The molecule has 0 fully saturated rings. The summed E-state index contributed by atoms with van der Waals surface area (Å²) < 4.78 is 8.25. The van der Waals surface area contributed by atoms with Crippen molar-refractivity contribution in [2.24, 2.45) is 23.7 Å². The number of aliphatic hydroxyl groups excluding tert-OH is 2. The Morgan fingerprint density at radius 1 is 0.625 bits per heavy atom. The van der Waals surface area contributed by atoms with E-state index in [0.29, 0.717) is 25.0 Å². The molecule has 0 aromatic heterocycles. The molecule has 24 heavy (non-hydrogen) atoms. The van der Waals surface area contributed by atoms with Crippen molar-refractivity contribution in [3.8, 4) is 0 Å². The van der Waals surface area contributed by atoms with E-state index < -0.39 is 0 Å². The molecule has 0 rings (SSSR count). The zero-order chi connectivity index (χ0) is 20.6. The molecule has 0 aliphatic heterocycles. The van der Waals surface area contributed by atoms with E-state index in [-0.39, 0.29) is 0 Å². The molecule has 0 unspecified atom stereocenters. The van der Waals surface area contributed by atoms with Gasteiger partial charge in [0.25, 0.3) is 0 Å². The minimum absolute atomic E-state index is 0.331. The standard InChI is InChI=1S/2C5H12O.2C5H11.O.Ti/c2*1-5(2)3-4-6;2*1-4-5(2)3;;/h2*5-6H,3-4H2,1-2H3;2*5H,1,4H2,2-3H3;;/q;;2*-1;;+2. The second-order valence-electron chi connectivity index (χ2n) is 7.18. The van der Waals surface area contributed by atoms with Crippen molar-refractivity contribution in [2.45, 2.75) is 81.1 Å². The maximum absolute atomic E-state index is 8.25. The molecule has 0 aromatic carbocycles. The van der Waals surface area contributed by atoms with Gasteiger partial charge < -0.3 is 24.1 Å². The zero-order valence-electron chi connectivity index (χ0n) is 17.8. The van der Waals surface area contributed by atoms with Gasteiger partial charge in [0.1, 0.15) is 0 Å². The van der Waals surface area contributed by atoms with Crippen LogP contribution in [0.1, 0.15) is 81.1 Å². The van der Waals surface area contributed by atoms with E-state index in [4.69, 9.17) is 13.5 Å². The molecule has 3 nitrogen and oxygen atoms in total. The maximum atomic E-state index is 8.25. The van der Waals surface area contributed by atoms with E-state index in [9.17, 15) is 0 Å². The zero-order valence-corrected chi connectivity index (χ0v) is 19.3. The van der Waals surface area contributed by atoms with E-state index in [2.05, 4.69) is 69.2 Å². The first-order valence-corrected chi connectivity index (χ1v) is 9.73. The van der Waals surface area contributed by atoms with Gasteiger partial charge >= 0.3 is 23.7 Å². The monoisotopic (exact) mass is 382 g/mol. The second kappa shape index (κ2) is 34.7. The molecular formula is C20H46O3Ti. The molecule has 4 heteroatoms. The van der Waals surface area contributed by atoms with E-state index in [1.807, 2.05) is 0 Å². The van der Waals surface area contributed by atoms with Gasteiger partial charge in [-0.3, -0.25) is 0 Å². The van der Waals surface area contributed by atoms with Gasteiger partial charge in [-0.1, -0.05) is 67.2 Å². The Balaban J connectivity index is -0.0000000647. The number of hydrogen-bond donors (Lipinski definition) is 2. The Hall–Kier alpha value is 0.434. The summed E-state index contributed by atoms with van der Waals surface area (Å²) in [5.74, 6) is 2.84. The van der Waals surface area contributed by atoms with Crippen molar-refractivity contribution in [2.75, 3.05) is 13.2 Å². The van der Waals surface area contributed by atoms with Crippen molar-refractivity contribution in [1.29, 1.82) is 0 Å². The Labute approximate surface area is 165 Å². The van der Waals surface area contributed by atoms with Gasteiger partial charge in [0.05, 0.1) is 0 Å². The van der Waals surface area contributed by atoms with E-state index in [1.165, 1.54) is 0 Å². The van der Waals surface area contributed by atoms with Crippen LogP contribution in [-0.2, 0) is 23.7 Å². The molecule has 0 amide bonds. The van der Waals surface area contributed by atoms with Crippen molar-refractivity contribution in [3.05, 3.63) is 13.8 Å². The van der Waals surface area contributed by atoms with Gasteiger partial charge in [-0.05, 0) is 24.7 Å². The molecule has 0 saturated carbocycles. The van der Waals surface area contributed by atoms with Crippen LogP contribution in [0.25, 0.3) is 0 Å². The van der Waals surface area contributed by atoms with Crippen LogP contribution >= 0.6 is 0 Å². The number of hydrogen-bond acceptors (Lipinski definition) is 3. The van der Waals surface area contributed by atoms with Crippen LogP contribution < -0.4 is 0 Å². The van der Waals surface area contributed by atoms with E-state index >= 15 is 0 Å². The Morgan fingerprint density at radius 3 is 0.792 bits per heavy atom. The summed E-state index contributed by atoms with van der Waals surface area (Å²) in [5, 5.41) is 16.5. The quantitative estimate of drug-likeness (QED) is 0.460. The van der Waals surface area contributed by atoms with Crippen LogP contribution in [0.3, 0.4) is 0 Å². The van der Waals surface area contributed by atoms with Crippen LogP contribution in [-0.4, -0.2) is 23.4 Å². The molecule has 0 bridgehead atoms. The number of rotatable bonds is 6. The summed E-state index contributed by atoms with van der Waals surface area (Å²) in [4.78, 5) is 0. The van der Waals surface area contributed by atoms with Crippen LogP contribution in [0.5, 0.6) is 0 Å². The van der Waals surface area contributed by atoms with Crippen LogP contribution in [0.4, 0.5) is 0 Å².